The highest BCUT2D eigenvalue weighted by Gasteiger charge is 2.17. The molecule has 1 amide bonds. The van der Waals surface area contributed by atoms with Crippen LogP contribution in [0.1, 0.15) is 32.6 Å². The van der Waals surface area contributed by atoms with Crippen LogP contribution in [-0.2, 0) is 9.59 Å². The zero-order valence-corrected chi connectivity index (χ0v) is 12.4. The number of aliphatic carboxylic acids is 1. The van der Waals surface area contributed by atoms with Crippen molar-refractivity contribution in [3.8, 4) is 0 Å². The summed E-state index contributed by atoms with van der Waals surface area (Å²) in [7, 11) is 0. The van der Waals surface area contributed by atoms with Crippen molar-refractivity contribution in [2.75, 3.05) is 45.8 Å². The van der Waals surface area contributed by atoms with E-state index in [0.29, 0.717) is 13.1 Å². The fourth-order valence-electron chi connectivity index (χ4n) is 2.32. The predicted octanol–water partition coefficient (Wildman–Crippen LogP) is 0.385. The summed E-state index contributed by atoms with van der Waals surface area (Å²) in [6, 6.07) is 0. The van der Waals surface area contributed by atoms with Gasteiger partial charge in [-0.3, -0.25) is 14.5 Å². The Morgan fingerprint density at radius 2 is 1.85 bits per heavy atom. The van der Waals surface area contributed by atoms with Crippen LogP contribution in [0.3, 0.4) is 0 Å². The minimum atomic E-state index is -0.749. The lowest BCUT2D eigenvalue weighted by Crippen LogP contribution is -2.39. The van der Waals surface area contributed by atoms with Crippen molar-refractivity contribution in [1.82, 2.24) is 15.1 Å². The fraction of sp³-hybridized carbons (Fsp3) is 0.857. The number of nitrogens with one attached hydrogen (secondary N) is 1. The number of rotatable bonds is 8. The smallest absolute Gasteiger partial charge is 0.304 e. The van der Waals surface area contributed by atoms with E-state index >= 15 is 0 Å². The Labute approximate surface area is 121 Å². The lowest BCUT2D eigenvalue weighted by atomic mass is 10.3. The molecule has 1 aliphatic heterocycles. The maximum atomic E-state index is 11.8. The zero-order valence-electron chi connectivity index (χ0n) is 12.4. The highest BCUT2D eigenvalue weighted by molar-refractivity contribution is 5.77. The van der Waals surface area contributed by atoms with Crippen LogP contribution < -0.4 is 5.32 Å². The second-order valence-electron chi connectivity index (χ2n) is 5.32. The molecule has 20 heavy (non-hydrogen) atoms. The van der Waals surface area contributed by atoms with E-state index in [1.165, 1.54) is 0 Å². The Balaban J connectivity index is 2.22. The Morgan fingerprint density at radius 3 is 2.55 bits per heavy atom. The first-order valence-electron chi connectivity index (χ1n) is 7.55. The summed E-state index contributed by atoms with van der Waals surface area (Å²) in [6.07, 6.45) is 3.29. The molecule has 0 saturated carbocycles. The number of carbonyl (C=O) groups excluding carboxylic acids is 1. The van der Waals surface area contributed by atoms with Crippen molar-refractivity contribution in [2.45, 2.75) is 32.6 Å². The number of carboxylic acids is 1. The lowest BCUT2D eigenvalue weighted by molar-refractivity contribution is -0.137. The van der Waals surface area contributed by atoms with Crippen LogP contribution >= 0.6 is 0 Å². The third kappa shape index (κ3) is 7.45. The monoisotopic (exact) mass is 285 g/mol. The summed E-state index contributed by atoms with van der Waals surface area (Å²) in [4.78, 5) is 26.6. The Hall–Kier alpha value is -1.14. The Bertz CT molecular complexity index is 310. The van der Waals surface area contributed by atoms with Gasteiger partial charge in [0.05, 0.1) is 13.0 Å². The van der Waals surface area contributed by atoms with Gasteiger partial charge in [-0.15, -0.1) is 0 Å². The number of nitrogens with zero attached hydrogens (tertiary/aromatic N) is 2. The second kappa shape index (κ2) is 9.72. The first-order valence-corrected chi connectivity index (χ1v) is 7.55. The Kier molecular flexibility index (Phi) is 8.22. The van der Waals surface area contributed by atoms with Crippen LogP contribution in [0.2, 0.25) is 0 Å². The van der Waals surface area contributed by atoms with Crippen LogP contribution in [0.25, 0.3) is 0 Å². The molecule has 6 heteroatoms. The van der Waals surface area contributed by atoms with Crippen molar-refractivity contribution < 1.29 is 14.7 Å². The van der Waals surface area contributed by atoms with Crippen molar-refractivity contribution in [3.63, 3.8) is 0 Å². The lowest BCUT2D eigenvalue weighted by Gasteiger charge is -2.20. The van der Waals surface area contributed by atoms with Gasteiger partial charge in [-0.2, -0.15) is 0 Å². The molecule has 0 aromatic heterocycles. The van der Waals surface area contributed by atoms with Crippen LogP contribution in [-0.4, -0.2) is 72.6 Å². The van der Waals surface area contributed by atoms with Gasteiger partial charge in [0.15, 0.2) is 0 Å². The van der Waals surface area contributed by atoms with Gasteiger partial charge in [0.25, 0.3) is 0 Å². The Morgan fingerprint density at radius 1 is 1.15 bits per heavy atom. The van der Waals surface area contributed by atoms with E-state index in [-0.39, 0.29) is 12.3 Å². The van der Waals surface area contributed by atoms with Gasteiger partial charge in [0.2, 0.25) is 5.91 Å². The van der Waals surface area contributed by atoms with E-state index in [2.05, 4.69) is 22.0 Å². The minimum Gasteiger partial charge on any atom is -0.481 e. The van der Waals surface area contributed by atoms with Crippen molar-refractivity contribution in [3.05, 3.63) is 0 Å². The van der Waals surface area contributed by atoms with Gasteiger partial charge in [0.1, 0.15) is 0 Å². The fourth-order valence-corrected chi connectivity index (χ4v) is 2.32. The second-order valence-corrected chi connectivity index (χ2v) is 5.32. The largest absolute Gasteiger partial charge is 0.481 e. The normalized spacial score (nSPS) is 17.6. The van der Waals surface area contributed by atoms with Crippen molar-refractivity contribution >= 4 is 11.9 Å². The number of amides is 1. The van der Waals surface area contributed by atoms with Crippen LogP contribution in [0.4, 0.5) is 0 Å². The molecule has 0 atom stereocenters. The van der Waals surface area contributed by atoms with Gasteiger partial charge in [-0.25, -0.2) is 0 Å². The molecule has 0 radical (unpaired) electrons. The molecule has 0 unspecified atom stereocenters. The predicted molar refractivity (Wildman–Crippen MR) is 77.7 cm³/mol. The number of carboxylic acid groups (broad SMARTS) is 1. The van der Waals surface area contributed by atoms with E-state index < -0.39 is 5.97 Å². The number of unbranched alkanes of at least 4 members (excludes halogenated alkanes) is 1. The van der Waals surface area contributed by atoms with E-state index in [1.54, 1.807) is 0 Å². The van der Waals surface area contributed by atoms with Gasteiger partial charge in [-0.05, 0) is 25.9 Å². The van der Waals surface area contributed by atoms with Gasteiger partial charge >= 0.3 is 5.97 Å². The first kappa shape index (κ1) is 16.9. The molecule has 0 aliphatic carbocycles. The van der Waals surface area contributed by atoms with Crippen LogP contribution in [0.15, 0.2) is 0 Å². The molecule has 0 spiro atoms. The van der Waals surface area contributed by atoms with Crippen molar-refractivity contribution in [2.24, 2.45) is 0 Å². The van der Waals surface area contributed by atoms with Gasteiger partial charge in [-0.1, -0.05) is 13.3 Å². The SMILES string of the molecule is CCCCNC(=O)CN1CCCN(CCC(=O)O)CC1. The summed E-state index contributed by atoms with van der Waals surface area (Å²) in [5.74, 6) is -0.654. The topological polar surface area (TPSA) is 72.9 Å². The molecular formula is C14H27N3O3. The van der Waals surface area contributed by atoms with Crippen LogP contribution in [0.5, 0.6) is 0 Å². The quantitative estimate of drug-likeness (QED) is 0.631. The van der Waals surface area contributed by atoms with E-state index in [4.69, 9.17) is 5.11 Å². The third-order valence-corrected chi connectivity index (χ3v) is 3.54. The molecule has 1 heterocycles. The summed E-state index contributed by atoms with van der Waals surface area (Å²) in [5.41, 5.74) is 0. The highest BCUT2D eigenvalue weighted by Crippen LogP contribution is 2.03. The standard InChI is InChI=1S/C14H27N3O3/c1-2-3-6-15-13(18)12-17-8-4-7-16(10-11-17)9-5-14(19)20/h2-12H2,1H3,(H,15,18)(H,19,20). The van der Waals surface area contributed by atoms with E-state index in [1.807, 2.05) is 0 Å². The molecule has 116 valence electrons. The highest BCUT2D eigenvalue weighted by atomic mass is 16.4. The average Bonchev–Trinajstić information content (AvgIpc) is 2.62. The molecule has 1 rings (SSSR count). The van der Waals surface area contributed by atoms with Crippen molar-refractivity contribution in [1.29, 1.82) is 0 Å². The summed E-state index contributed by atoms with van der Waals surface area (Å²) in [6.45, 7) is 7.42. The molecule has 2 N–H and O–H groups in total. The van der Waals surface area contributed by atoms with Crippen LogP contribution in [0, 0.1) is 0 Å². The molecular weight excluding hydrogens is 258 g/mol. The third-order valence-electron chi connectivity index (χ3n) is 3.54. The van der Waals surface area contributed by atoms with E-state index in [9.17, 15) is 9.59 Å². The number of carbonyl (C=O) groups is 2. The summed E-state index contributed by atoms with van der Waals surface area (Å²) >= 11 is 0. The summed E-state index contributed by atoms with van der Waals surface area (Å²) in [5, 5.41) is 11.6. The maximum Gasteiger partial charge on any atom is 0.304 e. The molecule has 1 fully saturated rings. The average molecular weight is 285 g/mol. The number of hydrogen-bond acceptors (Lipinski definition) is 4. The molecule has 0 aromatic carbocycles. The number of hydrogen-bond donors (Lipinski definition) is 2. The minimum absolute atomic E-state index is 0.0948. The molecule has 1 saturated heterocycles. The first-order chi connectivity index (χ1) is 9.61. The molecule has 1 aliphatic rings. The summed E-state index contributed by atoms with van der Waals surface area (Å²) < 4.78 is 0. The zero-order chi connectivity index (χ0) is 14.8. The van der Waals surface area contributed by atoms with E-state index in [0.717, 1.165) is 52.0 Å². The maximum absolute atomic E-state index is 11.8. The molecule has 6 nitrogen and oxygen atoms in total. The molecule has 0 bridgehead atoms. The molecule has 0 aromatic rings. The van der Waals surface area contributed by atoms with Gasteiger partial charge in [0, 0.05) is 26.2 Å². The van der Waals surface area contributed by atoms with Gasteiger partial charge < -0.3 is 15.3 Å².